The summed E-state index contributed by atoms with van der Waals surface area (Å²) in [6.07, 6.45) is 3.58. The predicted octanol–water partition coefficient (Wildman–Crippen LogP) is 5.27. The van der Waals surface area contributed by atoms with Crippen LogP contribution in [0.1, 0.15) is 6.92 Å². The monoisotopic (exact) mass is 544 g/mol. The van der Waals surface area contributed by atoms with Crippen molar-refractivity contribution in [3.8, 4) is 22.9 Å². The molecule has 1 fully saturated rings. The zero-order chi connectivity index (χ0) is 27.4. The Morgan fingerprint density at radius 3 is 2.54 bits per heavy atom. The zero-order valence-electron chi connectivity index (χ0n) is 23.1. The Morgan fingerprint density at radius 1 is 1.00 bits per heavy atom. The van der Waals surface area contributed by atoms with Crippen LogP contribution >= 0.6 is 0 Å². The van der Waals surface area contributed by atoms with Gasteiger partial charge in [-0.15, -0.1) is 0 Å². The molecule has 4 heterocycles. The normalized spacial score (nSPS) is 14.2. The van der Waals surface area contributed by atoms with Crippen LogP contribution in [0.5, 0.6) is 11.6 Å². The number of rotatable bonds is 9. The van der Waals surface area contributed by atoms with Crippen molar-refractivity contribution in [2.24, 2.45) is 0 Å². The van der Waals surface area contributed by atoms with Gasteiger partial charge in [-0.3, -0.25) is 4.79 Å². The predicted molar refractivity (Wildman–Crippen MR) is 156 cm³/mol. The average Bonchev–Trinajstić information content (AvgIpc) is 3.39. The van der Waals surface area contributed by atoms with E-state index in [1.165, 1.54) is 0 Å². The van der Waals surface area contributed by atoms with Crippen LogP contribution in [0.3, 0.4) is 0 Å². The molecule has 0 bridgehead atoms. The largest absolute Gasteiger partial charge is 0.439 e. The molecule has 0 N–H and O–H groups in total. The van der Waals surface area contributed by atoms with Crippen molar-refractivity contribution in [1.82, 2.24) is 24.6 Å². The van der Waals surface area contributed by atoms with Crippen molar-refractivity contribution < 1.29 is 14.3 Å². The number of aromatic nitrogens is 4. The number of amides is 1. The third-order valence-corrected chi connectivity index (χ3v) is 8.58. The lowest BCUT2D eigenvalue weighted by molar-refractivity contribution is -0.129. The van der Waals surface area contributed by atoms with Crippen molar-refractivity contribution in [2.75, 3.05) is 37.7 Å². The van der Waals surface area contributed by atoms with Gasteiger partial charge in [-0.25, -0.2) is 14.6 Å². The van der Waals surface area contributed by atoms with Crippen LogP contribution in [0.25, 0.3) is 22.2 Å². The van der Waals surface area contributed by atoms with E-state index in [4.69, 9.17) is 14.5 Å². The first-order valence-corrected chi connectivity index (χ1v) is 17.1. The number of hydrogen-bond acceptors (Lipinski definition) is 7. The molecular formula is C29H36N6O3Si. The number of piperazine rings is 1. The molecule has 1 aliphatic rings. The van der Waals surface area contributed by atoms with Gasteiger partial charge in [-0.2, -0.15) is 5.10 Å². The first-order valence-electron chi connectivity index (χ1n) is 13.4. The maximum Gasteiger partial charge on any atom is 0.219 e. The van der Waals surface area contributed by atoms with Crippen LogP contribution in [-0.2, 0) is 16.3 Å². The molecule has 0 spiro atoms. The van der Waals surface area contributed by atoms with Gasteiger partial charge in [-0.05, 0) is 48.5 Å². The van der Waals surface area contributed by atoms with Crippen LogP contribution in [-0.4, -0.2) is 71.4 Å². The summed E-state index contributed by atoms with van der Waals surface area (Å²) in [7, 11) is -1.12. The number of nitrogens with zero attached hydrogens (tertiary/aromatic N) is 6. The van der Waals surface area contributed by atoms with Gasteiger partial charge < -0.3 is 19.3 Å². The Kier molecular flexibility index (Phi) is 7.94. The zero-order valence-corrected chi connectivity index (χ0v) is 24.1. The van der Waals surface area contributed by atoms with Gasteiger partial charge in [-0.1, -0.05) is 19.6 Å². The van der Waals surface area contributed by atoms with Gasteiger partial charge >= 0.3 is 0 Å². The highest BCUT2D eigenvalue weighted by atomic mass is 28.3. The summed E-state index contributed by atoms with van der Waals surface area (Å²) in [5.74, 6) is 2.27. The van der Waals surface area contributed by atoms with Crippen molar-refractivity contribution in [3.05, 3.63) is 60.9 Å². The highest BCUT2D eigenvalue weighted by molar-refractivity contribution is 6.76. The van der Waals surface area contributed by atoms with Crippen LogP contribution in [0, 0.1) is 0 Å². The maximum atomic E-state index is 11.6. The summed E-state index contributed by atoms with van der Waals surface area (Å²) in [5.41, 5.74) is 2.81. The Hall–Kier alpha value is -3.76. The molecule has 1 saturated heterocycles. The summed E-state index contributed by atoms with van der Waals surface area (Å²) < 4.78 is 13.8. The number of fused-ring (bicyclic) bond motifs is 1. The van der Waals surface area contributed by atoms with E-state index in [0.717, 1.165) is 66.8 Å². The topological polar surface area (TPSA) is 85.6 Å². The van der Waals surface area contributed by atoms with Crippen molar-refractivity contribution in [3.63, 3.8) is 0 Å². The molecule has 1 aromatic carbocycles. The van der Waals surface area contributed by atoms with Gasteiger partial charge in [0.05, 0.1) is 11.2 Å². The summed E-state index contributed by atoms with van der Waals surface area (Å²) in [6.45, 7) is 12.8. The molecule has 0 aliphatic carbocycles. The first-order chi connectivity index (χ1) is 18.7. The molecule has 39 heavy (non-hydrogen) atoms. The Morgan fingerprint density at radius 2 is 1.82 bits per heavy atom. The van der Waals surface area contributed by atoms with E-state index in [9.17, 15) is 4.79 Å². The second kappa shape index (κ2) is 11.5. The quantitative estimate of drug-likeness (QED) is 0.210. The maximum absolute atomic E-state index is 11.6. The van der Waals surface area contributed by atoms with Crippen molar-refractivity contribution in [1.29, 1.82) is 0 Å². The number of anilines is 1. The molecule has 0 saturated carbocycles. The van der Waals surface area contributed by atoms with Crippen LogP contribution < -0.4 is 9.64 Å². The second-order valence-electron chi connectivity index (χ2n) is 11.1. The molecule has 3 aromatic heterocycles. The Labute approximate surface area is 230 Å². The molecule has 1 amide bonds. The number of pyridine rings is 2. The van der Waals surface area contributed by atoms with E-state index in [2.05, 4.69) is 40.7 Å². The SMILES string of the molecule is CC(=O)N1CCN(c2ccc3cc(Oc4ccc(-c5ccnn5COCC[Si](C)(C)C)cn4)ccc3n2)CC1. The highest BCUT2D eigenvalue weighted by Gasteiger charge is 2.20. The molecule has 0 atom stereocenters. The van der Waals surface area contributed by atoms with E-state index < -0.39 is 8.07 Å². The van der Waals surface area contributed by atoms with E-state index in [0.29, 0.717) is 18.4 Å². The summed E-state index contributed by atoms with van der Waals surface area (Å²) in [4.78, 5) is 25.1. The lowest BCUT2D eigenvalue weighted by Crippen LogP contribution is -2.48. The highest BCUT2D eigenvalue weighted by Crippen LogP contribution is 2.27. The summed E-state index contributed by atoms with van der Waals surface area (Å²) in [5, 5.41) is 5.41. The third-order valence-electron chi connectivity index (χ3n) is 6.88. The standard InChI is InChI=1S/C29H36N6O3Si/c1-22(36)33-13-15-34(16-14-33)28-9-5-23-19-25(7-8-26(23)32-28)38-29-10-6-24(20-30-29)27-11-12-31-35(27)21-37-17-18-39(2,3)4/h5-12,19-20H,13-18,21H2,1-4H3. The van der Waals surface area contributed by atoms with Gasteiger partial charge in [0.2, 0.25) is 11.8 Å². The Balaban J connectivity index is 1.21. The van der Waals surface area contributed by atoms with Crippen LogP contribution in [0.2, 0.25) is 25.7 Å². The second-order valence-corrected chi connectivity index (χ2v) is 16.7. The van der Waals surface area contributed by atoms with Crippen molar-refractivity contribution >= 4 is 30.7 Å². The molecular weight excluding hydrogens is 508 g/mol. The van der Waals surface area contributed by atoms with E-state index in [-0.39, 0.29) is 5.91 Å². The van der Waals surface area contributed by atoms with Crippen LogP contribution in [0.15, 0.2) is 60.9 Å². The molecule has 9 nitrogen and oxygen atoms in total. The van der Waals surface area contributed by atoms with Gasteiger partial charge in [0, 0.05) is 77.2 Å². The molecule has 1 aliphatic heterocycles. The lowest BCUT2D eigenvalue weighted by atomic mass is 10.2. The van der Waals surface area contributed by atoms with Crippen molar-refractivity contribution in [2.45, 2.75) is 39.3 Å². The van der Waals surface area contributed by atoms with Gasteiger partial charge in [0.15, 0.2) is 0 Å². The van der Waals surface area contributed by atoms with E-state index in [1.807, 2.05) is 52.0 Å². The molecule has 0 radical (unpaired) electrons. The summed E-state index contributed by atoms with van der Waals surface area (Å²) in [6, 6.07) is 16.9. The van der Waals surface area contributed by atoms with E-state index in [1.54, 1.807) is 19.3 Å². The minimum atomic E-state index is -1.12. The molecule has 0 unspecified atom stereocenters. The van der Waals surface area contributed by atoms with Gasteiger partial charge in [0.1, 0.15) is 18.3 Å². The fourth-order valence-corrected chi connectivity index (χ4v) is 5.26. The number of carbonyl (C=O) groups excluding carboxylic acids is 1. The molecule has 4 aromatic rings. The third kappa shape index (κ3) is 6.82. The number of ether oxygens (including phenoxy) is 2. The fourth-order valence-electron chi connectivity index (χ4n) is 4.51. The fraction of sp³-hybridized carbons (Fsp3) is 0.379. The molecule has 10 heteroatoms. The van der Waals surface area contributed by atoms with Crippen LogP contribution in [0.4, 0.5) is 5.82 Å². The Bertz CT molecular complexity index is 1430. The minimum Gasteiger partial charge on any atom is -0.439 e. The van der Waals surface area contributed by atoms with Gasteiger partial charge in [0.25, 0.3) is 0 Å². The number of hydrogen-bond donors (Lipinski definition) is 0. The smallest absolute Gasteiger partial charge is 0.219 e. The number of benzene rings is 1. The van der Waals surface area contributed by atoms with E-state index >= 15 is 0 Å². The lowest BCUT2D eigenvalue weighted by Gasteiger charge is -2.35. The molecule has 204 valence electrons. The summed E-state index contributed by atoms with van der Waals surface area (Å²) >= 11 is 0. The molecule has 5 rings (SSSR count). The average molecular weight is 545 g/mol. The first kappa shape index (κ1) is 26.8. The number of carbonyl (C=O) groups is 1. The minimum absolute atomic E-state index is 0.127.